The van der Waals surface area contributed by atoms with Crippen LogP contribution in [0.15, 0.2) is 4.60 Å². The third-order valence-electron chi connectivity index (χ3n) is 4.34. The van der Waals surface area contributed by atoms with Crippen LogP contribution >= 0.6 is 15.9 Å². The molecular formula is C13H19BrN8O. The monoisotopic (exact) mass is 382 g/mol. The molecule has 1 aromatic rings. The van der Waals surface area contributed by atoms with Crippen molar-refractivity contribution in [2.45, 2.75) is 18.9 Å². The predicted octanol–water partition coefficient (Wildman–Crippen LogP) is -0.248. The van der Waals surface area contributed by atoms with E-state index in [9.17, 15) is 4.79 Å². The van der Waals surface area contributed by atoms with E-state index in [1.165, 1.54) is 0 Å². The van der Waals surface area contributed by atoms with Crippen molar-refractivity contribution in [3.05, 3.63) is 10.3 Å². The minimum atomic E-state index is -0.588. The van der Waals surface area contributed by atoms with Crippen LogP contribution < -0.4 is 22.1 Å². The van der Waals surface area contributed by atoms with Crippen LogP contribution in [0.5, 0.6) is 0 Å². The molecule has 0 spiro atoms. The average Bonchev–Trinajstić information content (AvgIpc) is 2.51. The summed E-state index contributed by atoms with van der Waals surface area (Å²) in [6.45, 7) is 3.14. The Morgan fingerprint density at radius 1 is 1.26 bits per heavy atom. The number of nitrogens with one attached hydrogen (secondary N) is 3. The van der Waals surface area contributed by atoms with Crippen molar-refractivity contribution in [3.63, 3.8) is 0 Å². The molecule has 23 heavy (non-hydrogen) atoms. The summed E-state index contributed by atoms with van der Waals surface area (Å²) in [5.41, 5.74) is 11.2. The van der Waals surface area contributed by atoms with Gasteiger partial charge in [0.1, 0.15) is 4.60 Å². The average molecular weight is 383 g/mol. The fourth-order valence-electron chi connectivity index (χ4n) is 3.13. The zero-order chi connectivity index (χ0) is 16.6. The maximum atomic E-state index is 12.2. The lowest BCUT2D eigenvalue weighted by molar-refractivity contribution is 0.0802. The molecule has 4 rings (SSSR count). The number of hydrogen-bond acceptors (Lipinski definition) is 7. The fourth-order valence-corrected chi connectivity index (χ4v) is 3.40. The van der Waals surface area contributed by atoms with Gasteiger partial charge in [-0.15, -0.1) is 0 Å². The summed E-state index contributed by atoms with van der Waals surface area (Å²) < 4.78 is 0.244. The molecular weight excluding hydrogens is 364 g/mol. The number of carbonyl (C=O) groups is 1. The van der Waals surface area contributed by atoms with Crippen LogP contribution in [0.2, 0.25) is 0 Å². The van der Waals surface area contributed by atoms with Crippen LogP contribution in [0.4, 0.5) is 11.6 Å². The Kier molecular flexibility index (Phi) is 4.35. The lowest BCUT2D eigenvalue weighted by atomic mass is 9.84. The minimum absolute atomic E-state index is 0.0529. The van der Waals surface area contributed by atoms with E-state index < -0.39 is 5.91 Å². The van der Waals surface area contributed by atoms with Crippen molar-refractivity contribution in [1.82, 2.24) is 25.5 Å². The maximum absolute atomic E-state index is 12.2. The van der Waals surface area contributed by atoms with Crippen molar-refractivity contribution < 1.29 is 4.79 Å². The maximum Gasteiger partial charge on any atom is 0.280 e. The van der Waals surface area contributed by atoms with E-state index >= 15 is 0 Å². The van der Waals surface area contributed by atoms with Gasteiger partial charge in [0.15, 0.2) is 23.3 Å². The van der Waals surface area contributed by atoms with Gasteiger partial charge < -0.3 is 21.7 Å². The summed E-state index contributed by atoms with van der Waals surface area (Å²) in [5.74, 6) is -0.0523. The van der Waals surface area contributed by atoms with Crippen molar-refractivity contribution in [1.29, 1.82) is 5.41 Å². The Balaban J connectivity index is 1.62. The van der Waals surface area contributed by atoms with Crippen molar-refractivity contribution in [2.24, 2.45) is 5.92 Å². The zero-order valence-corrected chi connectivity index (χ0v) is 14.1. The fraction of sp³-hybridized carbons (Fsp3) is 0.538. The SMILES string of the molecule is N=C(NC(=O)c1nc(Br)c(N)nc1N)N[C@@H]1CN2CCC1CC2. The van der Waals surface area contributed by atoms with Crippen LogP contribution in [-0.2, 0) is 0 Å². The van der Waals surface area contributed by atoms with Crippen LogP contribution in [0, 0.1) is 11.3 Å². The van der Waals surface area contributed by atoms with Gasteiger partial charge in [0, 0.05) is 12.6 Å². The molecule has 3 saturated heterocycles. The molecule has 3 aliphatic heterocycles. The molecule has 3 fully saturated rings. The Bertz CT molecular complexity index is 643. The number of nitrogens with zero attached hydrogens (tertiary/aromatic N) is 3. The van der Waals surface area contributed by atoms with Gasteiger partial charge in [-0.25, -0.2) is 9.97 Å². The summed E-state index contributed by atoms with van der Waals surface area (Å²) >= 11 is 3.11. The number of nitrogen functional groups attached to an aromatic ring is 2. The number of aromatic nitrogens is 2. The van der Waals surface area contributed by atoms with Gasteiger partial charge in [-0.05, 0) is 47.8 Å². The summed E-state index contributed by atoms with van der Waals surface area (Å²) in [6.07, 6.45) is 2.25. The van der Waals surface area contributed by atoms with Crippen molar-refractivity contribution in [3.8, 4) is 0 Å². The summed E-state index contributed by atoms with van der Waals surface area (Å²) in [4.78, 5) is 22.4. The van der Waals surface area contributed by atoms with E-state index in [1.807, 2.05) is 0 Å². The number of hydrogen-bond donors (Lipinski definition) is 5. The molecule has 9 nitrogen and oxygen atoms in total. The quantitative estimate of drug-likeness (QED) is 0.350. The van der Waals surface area contributed by atoms with Gasteiger partial charge in [0.25, 0.3) is 5.91 Å². The lowest BCUT2D eigenvalue weighted by Crippen LogP contribution is -2.59. The van der Waals surface area contributed by atoms with Crippen molar-refractivity contribution in [2.75, 3.05) is 31.1 Å². The number of fused-ring (bicyclic) bond motifs is 3. The molecule has 0 radical (unpaired) electrons. The van der Waals surface area contributed by atoms with Gasteiger partial charge in [-0.1, -0.05) is 0 Å². The molecule has 0 unspecified atom stereocenters. The number of carbonyl (C=O) groups excluding carboxylic acids is 1. The molecule has 124 valence electrons. The van der Waals surface area contributed by atoms with E-state index in [0.29, 0.717) is 5.92 Å². The molecule has 1 aromatic heterocycles. The summed E-state index contributed by atoms with van der Waals surface area (Å²) in [5, 5.41) is 13.5. The molecule has 0 aromatic carbocycles. The number of nitrogens with two attached hydrogens (primary N) is 2. The van der Waals surface area contributed by atoms with Crippen LogP contribution in [0.3, 0.4) is 0 Å². The zero-order valence-electron chi connectivity index (χ0n) is 12.5. The van der Waals surface area contributed by atoms with Crippen molar-refractivity contribution >= 4 is 39.4 Å². The highest BCUT2D eigenvalue weighted by Gasteiger charge is 2.34. The first kappa shape index (κ1) is 15.9. The Labute approximate surface area is 141 Å². The molecule has 1 atom stereocenters. The second kappa shape index (κ2) is 6.28. The van der Waals surface area contributed by atoms with Crippen LogP contribution in [-0.4, -0.2) is 52.4 Å². The Hall–Kier alpha value is -1.94. The number of piperidine rings is 3. The molecule has 10 heteroatoms. The van der Waals surface area contributed by atoms with E-state index in [0.717, 1.165) is 32.5 Å². The molecule has 0 aliphatic carbocycles. The molecule has 7 N–H and O–H groups in total. The van der Waals surface area contributed by atoms with E-state index in [-0.39, 0.29) is 33.9 Å². The number of guanidine groups is 1. The molecule has 4 heterocycles. The second-order valence-corrected chi connectivity index (χ2v) is 6.60. The van der Waals surface area contributed by atoms with Gasteiger partial charge in [-0.2, -0.15) is 0 Å². The highest BCUT2D eigenvalue weighted by Crippen LogP contribution is 2.27. The predicted molar refractivity (Wildman–Crippen MR) is 89.8 cm³/mol. The largest absolute Gasteiger partial charge is 0.382 e. The van der Waals surface area contributed by atoms with Crippen LogP contribution in [0.1, 0.15) is 23.3 Å². The van der Waals surface area contributed by atoms with Gasteiger partial charge in [0.05, 0.1) is 0 Å². The first-order valence-corrected chi connectivity index (χ1v) is 8.20. The topological polar surface area (TPSA) is 146 Å². The molecule has 0 saturated carbocycles. The number of rotatable bonds is 2. The third-order valence-corrected chi connectivity index (χ3v) is 4.93. The lowest BCUT2D eigenvalue weighted by Gasteiger charge is -2.45. The summed E-state index contributed by atoms with van der Waals surface area (Å²) in [6, 6.07) is 0.187. The van der Waals surface area contributed by atoms with Crippen LogP contribution in [0.25, 0.3) is 0 Å². The normalized spacial score (nSPS) is 25.9. The summed E-state index contributed by atoms with van der Waals surface area (Å²) in [7, 11) is 0. The van der Waals surface area contributed by atoms with E-state index in [1.54, 1.807) is 0 Å². The Morgan fingerprint density at radius 2 is 1.96 bits per heavy atom. The Morgan fingerprint density at radius 3 is 2.57 bits per heavy atom. The number of amides is 1. The molecule has 3 aliphatic rings. The number of halogens is 1. The standard InChI is InChI=1S/C13H19BrN8O/c14-9-11(16)20-10(15)8(19-9)12(23)21-13(17)18-7-5-22-3-1-6(7)2-4-22/h6-7H,1-5H2,(H4,15,16,20)(H3,17,18,21,23)/t7-/m1/s1. The highest BCUT2D eigenvalue weighted by atomic mass is 79.9. The van der Waals surface area contributed by atoms with E-state index in [2.05, 4.69) is 41.4 Å². The third kappa shape index (κ3) is 3.37. The smallest absolute Gasteiger partial charge is 0.280 e. The second-order valence-electron chi connectivity index (χ2n) is 5.85. The molecule has 2 bridgehead atoms. The number of anilines is 2. The van der Waals surface area contributed by atoms with Gasteiger partial charge in [-0.3, -0.25) is 15.5 Å². The molecule has 1 amide bonds. The highest BCUT2D eigenvalue weighted by molar-refractivity contribution is 9.10. The minimum Gasteiger partial charge on any atom is -0.382 e. The first-order valence-electron chi connectivity index (χ1n) is 7.41. The van der Waals surface area contributed by atoms with Gasteiger partial charge >= 0.3 is 0 Å². The van der Waals surface area contributed by atoms with E-state index in [4.69, 9.17) is 16.9 Å². The first-order chi connectivity index (χ1) is 10.9. The van der Waals surface area contributed by atoms with Gasteiger partial charge in [0.2, 0.25) is 0 Å².